The van der Waals surface area contributed by atoms with Crippen LogP contribution < -0.4 is 10.6 Å². The molecule has 0 saturated heterocycles. The van der Waals surface area contributed by atoms with Crippen molar-refractivity contribution in [2.75, 3.05) is 5.32 Å². The first-order valence-electron chi connectivity index (χ1n) is 9.40. The average molecular weight is 397 g/mol. The molecule has 2 N–H and O–H groups in total. The molecule has 0 radical (unpaired) electrons. The molecule has 0 saturated carbocycles. The van der Waals surface area contributed by atoms with Gasteiger partial charge in [0.2, 0.25) is 0 Å². The van der Waals surface area contributed by atoms with E-state index in [1.807, 2.05) is 60.7 Å². The normalized spacial score (nSPS) is 10.4. The molecule has 0 unspecified atom stereocenters. The molecular weight excluding hydrogens is 378 g/mol. The number of rotatable bonds is 6. The highest BCUT2D eigenvalue weighted by atomic mass is 16.2. The number of carbonyl (C=O) groups is 2. The number of benzene rings is 3. The second kappa shape index (κ2) is 8.83. The van der Waals surface area contributed by atoms with Gasteiger partial charge in [-0.2, -0.15) is 0 Å². The molecule has 2 amide bonds. The van der Waals surface area contributed by atoms with Gasteiger partial charge in [-0.1, -0.05) is 53.7 Å². The maximum absolute atomic E-state index is 12.3. The summed E-state index contributed by atoms with van der Waals surface area (Å²) >= 11 is 0. The Bertz CT molecular complexity index is 1140. The Morgan fingerprint density at radius 1 is 0.800 bits per heavy atom. The molecule has 0 aliphatic heterocycles. The molecule has 0 aliphatic carbocycles. The summed E-state index contributed by atoms with van der Waals surface area (Å²) in [4.78, 5) is 24.6. The molecule has 0 atom stereocenters. The molecule has 0 spiro atoms. The van der Waals surface area contributed by atoms with Crippen molar-refractivity contribution in [1.29, 1.82) is 0 Å². The van der Waals surface area contributed by atoms with Crippen LogP contribution in [0.2, 0.25) is 0 Å². The molecule has 0 aliphatic rings. The zero-order valence-electron chi connectivity index (χ0n) is 16.0. The van der Waals surface area contributed by atoms with Crippen molar-refractivity contribution in [2.24, 2.45) is 0 Å². The van der Waals surface area contributed by atoms with Gasteiger partial charge in [0.15, 0.2) is 5.69 Å². The predicted octanol–water partition coefficient (Wildman–Crippen LogP) is 3.45. The molecule has 4 rings (SSSR count). The van der Waals surface area contributed by atoms with Gasteiger partial charge in [-0.3, -0.25) is 9.59 Å². The molecule has 1 aromatic heterocycles. The third kappa shape index (κ3) is 4.59. The first kappa shape index (κ1) is 19.1. The summed E-state index contributed by atoms with van der Waals surface area (Å²) in [6, 6.07) is 25.8. The van der Waals surface area contributed by atoms with Crippen LogP contribution in [0.3, 0.4) is 0 Å². The molecule has 148 valence electrons. The van der Waals surface area contributed by atoms with Crippen LogP contribution in [-0.2, 0) is 6.54 Å². The molecule has 3 aromatic carbocycles. The number of hydrogen-bond donors (Lipinski definition) is 2. The van der Waals surface area contributed by atoms with E-state index in [1.165, 1.54) is 4.68 Å². The topological polar surface area (TPSA) is 88.9 Å². The summed E-state index contributed by atoms with van der Waals surface area (Å²) in [5, 5.41) is 13.6. The van der Waals surface area contributed by atoms with Crippen LogP contribution in [0.25, 0.3) is 5.69 Å². The van der Waals surface area contributed by atoms with Gasteiger partial charge in [-0.25, -0.2) is 4.68 Å². The maximum atomic E-state index is 12.3. The highest BCUT2D eigenvalue weighted by Gasteiger charge is 2.12. The van der Waals surface area contributed by atoms with E-state index in [9.17, 15) is 9.59 Å². The number of amides is 2. The van der Waals surface area contributed by atoms with Crippen molar-refractivity contribution >= 4 is 17.5 Å². The van der Waals surface area contributed by atoms with Crippen LogP contribution in [0, 0.1) is 0 Å². The van der Waals surface area contributed by atoms with Gasteiger partial charge < -0.3 is 10.6 Å². The standard InChI is InChI=1S/C23H19N5O2/c29-22(25-19-9-5-2-6-10-19)18-11-13-20(14-12-18)28-16-21(26-27-28)23(30)24-15-17-7-3-1-4-8-17/h1-14,16H,15H2,(H,24,30)(H,25,29). The third-order valence-electron chi connectivity index (χ3n) is 4.45. The number of hydrogen-bond acceptors (Lipinski definition) is 4. The van der Waals surface area contributed by atoms with Crippen molar-refractivity contribution in [2.45, 2.75) is 6.54 Å². The Morgan fingerprint density at radius 3 is 2.17 bits per heavy atom. The number of para-hydroxylation sites is 1. The van der Waals surface area contributed by atoms with Crippen LogP contribution in [0.4, 0.5) is 5.69 Å². The second-order valence-corrected chi connectivity index (χ2v) is 6.58. The summed E-state index contributed by atoms with van der Waals surface area (Å²) in [7, 11) is 0. The first-order valence-corrected chi connectivity index (χ1v) is 9.40. The summed E-state index contributed by atoms with van der Waals surface area (Å²) in [5.74, 6) is -0.503. The molecular formula is C23H19N5O2. The maximum Gasteiger partial charge on any atom is 0.273 e. The van der Waals surface area contributed by atoms with E-state index in [1.54, 1.807) is 30.5 Å². The molecule has 30 heavy (non-hydrogen) atoms. The van der Waals surface area contributed by atoms with Crippen LogP contribution in [0.15, 0.2) is 91.1 Å². The molecule has 7 nitrogen and oxygen atoms in total. The fourth-order valence-electron chi connectivity index (χ4n) is 2.85. The number of nitrogens with zero attached hydrogens (tertiary/aromatic N) is 3. The zero-order valence-corrected chi connectivity index (χ0v) is 16.0. The monoisotopic (exact) mass is 397 g/mol. The lowest BCUT2D eigenvalue weighted by Gasteiger charge is -2.06. The van der Waals surface area contributed by atoms with Gasteiger partial charge in [0.25, 0.3) is 11.8 Å². The molecule has 1 heterocycles. The van der Waals surface area contributed by atoms with Crippen molar-refractivity contribution in [3.8, 4) is 5.69 Å². The van der Waals surface area contributed by atoms with E-state index in [0.29, 0.717) is 17.8 Å². The molecule has 0 fully saturated rings. The molecule has 7 heteroatoms. The lowest BCUT2D eigenvalue weighted by atomic mass is 10.2. The smallest absolute Gasteiger partial charge is 0.273 e. The Hall–Kier alpha value is -4.26. The summed E-state index contributed by atoms with van der Waals surface area (Å²) in [6.07, 6.45) is 1.55. The van der Waals surface area contributed by atoms with Gasteiger partial charge >= 0.3 is 0 Å². The highest BCUT2D eigenvalue weighted by molar-refractivity contribution is 6.04. The Kier molecular flexibility index (Phi) is 5.61. The fraction of sp³-hybridized carbons (Fsp3) is 0.0435. The van der Waals surface area contributed by atoms with Gasteiger partial charge in [0, 0.05) is 17.8 Å². The second-order valence-electron chi connectivity index (χ2n) is 6.58. The first-order chi connectivity index (χ1) is 14.7. The van der Waals surface area contributed by atoms with E-state index in [0.717, 1.165) is 11.3 Å². The van der Waals surface area contributed by atoms with E-state index in [2.05, 4.69) is 20.9 Å². The fourth-order valence-corrected chi connectivity index (χ4v) is 2.85. The van der Waals surface area contributed by atoms with Gasteiger partial charge in [0.05, 0.1) is 11.9 Å². The van der Waals surface area contributed by atoms with Crippen molar-refractivity contribution in [1.82, 2.24) is 20.3 Å². The van der Waals surface area contributed by atoms with Gasteiger partial charge in [-0.05, 0) is 42.0 Å². The number of carbonyl (C=O) groups excluding carboxylic acids is 2. The summed E-state index contributed by atoms with van der Waals surface area (Å²) in [6.45, 7) is 0.414. The Labute approximate surface area is 173 Å². The minimum absolute atomic E-state index is 0.202. The molecule has 4 aromatic rings. The lowest BCUT2D eigenvalue weighted by molar-refractivity contribution is 0.0945. The average Bonchev–Trinajstić information content (AvgIpc) is 3.29. The number of nitrogens with one attached hydrogen (secondary N) is 2. The van der Waals surface area contributed by atoms with Crippen LogP contribution in [0.1, 0.15) is 26.4 Å². The third-order valence-corrected chi connectivity index (χ3v) is 4.45. The van der Waals surface area contributed by atoms with Gasteiger partial charge in [-0.15, -0.1) is 5.10 Å². The summed E-state index contributed by atoms with van der Waals surface area (Å²) in [5.41, 5.74) is 3.16. The van der Waals surface area contributed by atoms with E-state index >= 15 is 0 Å². The minimum Gasteiger partial charge on any atom is -0.347 e. The van der Waals surface area contributed by atoms with Crippen LogP contribution in [0.5, 0.6) is 0 Å². The predicted molar refractivity (Wildman–Crippen MR) is 113 cm³/mol. The lowest BCUT2D eigenvalue weighted by Crippen LogP contribution is -2.23. The Balaban J connectivity index is 1.39. The number of anilines is 1. The van der Waals surface area contributed by atoms with Crippen LogP contribution in [-0.4, -0.2) is 26.8 Å². The largest absolute Gasteiger partial charge is 0.347 e. The highest BCUT2D eigenvalue weighted by Crippen LogP contribution is 2.12. The zero-order chi connectivity index (χ0) is 20.8. The summed E-state index contributed by atoms with van der Waals surface area (Å²) < 4.78 is 1.50. The van der Waals surface area contributed by atoms with Crippen molar-refractivity contribution < 1.29 is 9.59 Å². The van der Waals surface area contributed by atoms with Crippen molar-refractivity contribution in [3.05, 3.63) is 108 Å². The number of aromatic nitrogens is 3. The van der Waals surface area contributed by atoms with Crippen molar-refractivity contribution in [3.63, 3.8) is 0 Å². The van der Waals surface area contributed by atoms with E-state index in [4.69, 9.17) is 0 Å². The molecule has 0 bridgehead atoms. The van der Waals surface area contributed by atoms with E-state index in [-0.39, 0.29) is 17.5 Å². The Morgan fingerprint density at radius 2 is 1.47 bits per heavy atom. The van der Waals surface area contributed by atoms with E-state index < -0.39 is 0 Å². The minimum atomic E-state index is -0.302. The quantitative estimate of drug-likeness (QED) is 0.522. The SMILES string of the molecule is O=C(Nc1ccccc1)c1ccc(-n2cc(C(=O)NCc3ccccc3)nn2)cc1. The van der Waals surface area contributed by atoms with Crippen LogP contribution >= 0.6 is 0 Å². The van der Waals surface area contributed by atoms with Gasteiger partial charge in [0.1, 0.15) is 0 Å².